The van der Waals surface area contributed by atoms with Gasteiger partial charge in [0, 0.05) is 18.0 Å². The quantitative estimate of drug-likeness (QED) is 0.655. The van der Waals surface area contributed by atoms with Crippen LogP contribution in [0.1, 0.15) is 5.56 Å². The molecule has 0 atom stereocenters. The van der Waals surface area contributed by atoms with Gasteiger partial charge in [0.15, 0.2) is 0 Å². The van der Waals surface area contributed by atoms with Crippen molar-refractivity contribution in [2.24, 2.45) is 0 Å². The molecule has 0 bridgehead atoms. The number of hydrogen-bond acceptors (Lipinski definition) is 6. The Bertz CT molecular complexity index is 1160. The molecule has 2 heterocycles. The molecule has 0 saturated carbocycles. The Hall–Kier alpha value is -3.00. The summed E-state index contributed by atoms with van der Waals surface area (Å²) < 4.78 is 43.9. The maximum atomic E-state index is 13.4. The van der Waals surface area contributed by atoms with E-state index < -0.39 is 10.0 Å². The lowest BCUT2D eigenvalue weighted by Gasteiger charge is -2.20. The molecule has 1 aliphatic heterocycles. The first-order valence-electron chi connectivity index (χ1n) is 8.70. The van der Waals surface area contributed by atoms with E-state index in [1.54, 1.807) is 25.3 Å². The van der Waals surface area contributed by atoms with Gasteiger partial charge in [0.2, 0.25) is 0 Å². The van der Waals surface area contributed by atoms with E-state index in [-0.39, 0.29) is 10.6 Å². The molecule has 146 valence electrons. The van der Waals surface area contributed by atoms with Gasteiger partial charge in [-0.15, -0.1) is 0 Å². The monoisotopic (exact) mass is 400 g/mol. The van der Waals surface area contributed by atoms with Gasteiger partial charge in [-0.3, -0.25) is 0 Å². The van der Waals surface area contributed by atoms with Crippen molar-refractivity contribution in [3.05, 3.63) is 48.0 Å². The molecule has 0 spiro atoms. The Morgan fingerprint density at radius 1 is 0.929 bits per heavy atom. The molecule has 0 amide bonds. The third-order valence-corrected chi connectivity index (χ3v) is 6.65. The van der Waals surface area contributed by atoms with Gasteiger partial charge in [-0.25, -0.2) is 17.7 Å². The third-order valence-electron chi connectivity index (χ3n) is 4.84. The highest BCUT2D eigenvalue weighted by molar-refractivity contribution is 7.93. The van der Waals surface area contributed by atoms with E-state index in [9.17, 15) is 8.42 Å². The largest absolute Gasteiger partial charge is 0.497 e. The van der Waals surface area contributed by atoms with Gasteiger partial charge in [-0.2, -0.15) is 0 Å². The number of anilines is 1. The maximum Gasteiger partial charge on any atom is 0.269 e. The summed E-state index contributed by atoms with van der Waals surface area (Å²) in [5.41, 5.74) is 1.59. The normalized spacial score (nSPS) is 13.5. The van der Waals surface area contributed by atoms with Gasteiger partial charge in [-0.05, 0) is 48.4 Å². The number of rotatable bonds is 5. The number of benzene rings is 2. The van der Waals surface area contributed by atoms with Crippen LogP contribution < -0.4 is 18.5 Å². The van der Waals surface area contributed by atoms with Gasteiger partial charge >= 0.3 is 0 Å². The summed E-state index contributed by atoms with van der Waals surface area (Å²) in [5, 5.41) is 0.913. The van der Waals surface area contributed by atoms with Crippen molar-refractivity contribution in [3.8, 4) is 17.2 Å². The Morgan fingerprint density at radius 3 is 2.36 bits per heavy atom. The molecule has 1 aromatic heterocycles. The van der Waals surface area contributed by atoms with Crippen LogP contribution >= 0.6 is 0 Å². The Labute approximate surface area is 163 Å². The van der Waals surface area contributed by atoms with Crippen molar-refractivity contribution in [1.82, 2.24) is 4.98 Å². The van der Waals surface area contributed by atoms with Gasteiger partial charge < -0.3 is 14.2 Å². The van der Waals surface area contributed by atoms with Crippen molar-refractivity contribution < 1.29 is 22.6 Å². The topological polar surface area (TPSA) is 78.0 Å². The second-order valence-electron chi connectivity index (χ2n) is 6.37. The molecule has 0 radical (unpaired) electrons. The number of pyridine rings is 1. The number of sulfonamides is 1. The molecule has 0 saturated heterocycles. The van der Waals surface area contributed by atoms with E-state index in [1.807, 2.05) is 18.2 Å². The lowest BCUT2D eigenvalue weighted by atomic mass is 10.1. The Morgan fingerprint density at radius 2 is 1.64 bits per heavy atom. The number of aromatic nitrogens is 1. The summed E-state index contributed by atoms with van der Waals surface area (Å²) >= 11 is 0. The second-order valence-corrected chi connectivity index (χ2v) is 8.20. The summed E-state index contributed by atoms with van der Waals surface area (Å²) in [6.45, 7) is 0.318. The van der Waals surface area contributed by atoms with Crippen molar-refractivity contribution in [3.63, 3.8) is 0 Å². The van der Waals surface area contributed by atoms with Crippen LogP contribution in [0.2, 0.25) is 0 Å². The van der Waals surface area contributed by atoms with Crippen LogP contribution in [0.4, 0.5) is 5.82 Å². The van der Waals surface area contributed by atoms with Crippen LogP contribution in [-0.4, -0.2) is 41.3 Å². The molecule has 1 aliphatic rings. The second kappa shape index (κ2) is 6.87. The van der Waals surface area contributed by atoms with Crippen LogP contribution in [0.3, 0.4) is 0 Å². The molecule has 2 aromatic carbocycles. The minimum atomic E-state index is -3.87. The summed E-state index contributed by atoms with van der Waals surface area (Å²) in [7, 11) is 0.675. The minimum absolute atomic E-state index is 0.0545. The van der Waals surface area contributed by atoms with E-state index >= 15 is 0 Å². The van der Waals surface area contributed by atoms with Crippen LogP contribution in [-0.2, 0) is 16.4 Å². The summed E-state index contributed by atoms with van der Waals surface area (Å²) in [6, 6.07) is 12.2. The molecule has 7 nitrogen and oxygen atoms in total. The van der Waals surface area contributed by atoms with Crippen molar-refractivity contribution in [2.45, 2.75) is 11.3 Å². The summed E-state index contributed by atoms with van der Waals surface area (Å²) in [4.78, 5) is 4.68. The lowest BCUT2D eigenvalue weighted by molar-refractivity contribution is 0.392. The first-order chi connectivity index (χ1) is 13.5. The van der Waals surface area contributed by atoms with Gasteiger partial charge in [-0.1, -0.05) is 0 Å². The fourth-order valence-electron chi connectivity index (χ4n) is 3.38. The molecule has 28 heavy (non-hydrogen) atoms. The zero-order chi connectivity index (χ0) is 19.9. The zero-order valence-electron chi connectivity index (χ0n) is 15.8. The fraction of sp³-hybridized carbons (Fsp3) is 0.250. The predicted octanol–water partition coefficient (Wildman–Crippen LogP) is 3.01. The molecule has 0 aliphatic carbocycles. The molecule has 3 aromatic rings. The van der Waals surface area contributed by atoms with Crippen LogP contribution in [0.5, 0.6) is 17.2 Å². The maximum absolute atomic E-state index is 13.4. The van der Waals surface area contributed by atoms with Crippen molar-refractivity contribution in [2.75, 3.05) is 32.2 Å². The predicted molar refractivity (Wildman–Crippen MR) is 106 cm³/mol. The van der Waals surface area contributed by atoms with Gasteiger partial charge in [0.25, 0.3) is 10.0 Å². The van der Waals surface area contributed by atoms with E-state index in [2.05, 4.69) is 4.98 Å². The lowest BCUT2D eigenvalue weighted by Crippen LogP contribution is -2.30. The SMILES string of the molecule is COc1ccc(OC)c(S(=O)(=O)N2CCc3cc4cc(OC)ccc4nc32)c1. The molecule has 4 rings (SSSR count). The highest BCUT2D eigenvalue weighted by Crippen LogP contribution is 2.37. The van der Waals surface area contributed by atoms with Crippen molar-refractivity contribution in [1.29, 1.82) is 0 Å². The summed E-state index contributed by atoms with van der Waals surface area (Å²) in [5.74, 6) is 1.89. The highest BCUT2D eigenvalue weighted by Gasteiger charge is 2.34. The van der Waals surface area contributed by atoms with E-state index in [1.165, 1.54) is 24.6 Å². The molecule has 0 fully saturated rings. The average molecular weight is 400 g/mol. The molecular weight excluding hydrogens is 380 g/mol. The van der Waals surface area contributed by atoms with Gasteiger partial charge in [0.05, 0.1) is 26.8 Å². The van der Waals surface area contributed by atoms with Crippen LogP contribution in [0.25, 0.3) is 10.9 Å². The van der Waals surface area contributed by atoms with E-state index in [4.69, 9.17) is 14.2 Å². The molecule has 0 N–H and O–H groups in total. The molecule has 0 unspecified atom stereocenters. The van der Waals surface area contributed by atoms with Crippen LogP contribution in [0, 0.1) is 0 Å². The number of nitrogens with zero attached hydrogens (tertiary/aromatic N) is 2. The number of ether oxygens (including phenoxy) is 3. The average Bonchev–Trinajstić information content (AvgIpc) is 3.14. The fourth-order valence-corrected chi connectivity index (χ4v) is 5.01. The molecular formula is C20H20N2O5S. The Balaban J connectivity index is 1.83. The smallest absolute Gasteiger partial charge is 0.269 e. The zero-order valence-corrected chi connectivity index (χ0v) is 16.6. The first kappa shape index (κ1) is 18.4. The Kier molecular flexibility index (Phi) is 4.50. The standard InChI is InChI=1S/C20H20N2O5S/c1-25-15-4-6-17-14(11-15)10-13-8-9-22(20(13)21-17)28(23,24)19-12-16(26-2)5-7-18(19)27-3/h4-7,10-12H,8-9H2,1-3H3. The number of fused-ring (bicyclic) bond motifs is 2. The minimum Gasteiger partial charge on any atom is -0.497 e. The molecule has 8 heteroatoms. The number of hydrogen-bond donors (Lipinski definition) is 0. The highest BCUT2D eigenvalue weighted by atomic mass is 32.2. The summed E-state index contributed by atoms with van der Waals surface area (Å²) in [6.07, 6.45) is 0.584. The number of methoxy groups -OCH3 is 3. The third kappa shape index (κ3) is 2.90. The van der Waals surface area contributed by atoms with E-state index in [0.29, 0.717) is 30.0 Å². The van der Waals surface area contributed by atoms with Crippen LogP contribution in [0.15, 0.2) is 47.4 Å². The van der Waals surface area contributed by atoms with E-state index in [0.717, 1.165) is 16.7 Å². The van der Waals surface area contributed by atoms with Crippen molar-refractivity contribution >= 4 is 26.7 Å². The first-order valence-corrected chi connectivity index (χ1v) is 10.1. The van der Waals surface area contributed by atoms with Gasteiger partial charge in [0.1, 0.15) is 28.0 Å².